The number of nitrogens with zero attached hydrogens (tertiary/aromatic N) is 1. The van der Waals surface area contributed by atoms with Gasteiger partial charge < -0.3 is 18.8 Å². The average molecular weight is 695 g/mol. The van der Waals surface area contributed by atoms with E-state index in [1.165, 1.54) is 36.4 Å². The van der Waals surface area contributed by atoms with Crippen molar-refractivity contribution in [3.05, 3.63) is 71.4 Å². The van der Waals surface area contributed by atoms with Gasteiger partial charge in [-0.05, 0) is 94.5 Å². The number of nitrogens with one attached hydrogen (secondary N) is 1. The smallest absolute Gasteiger partial charge is 0.321 e. The minimum absolute atomic E-state index is 0.0335. The summed E-state index contributed by atoms with van der Waals surface area (Å²) in [7, 11) is 0.984. The number of esters is 1. The molecule has 1 aromatic heterocycles. The number of carbonyl (C=O) groups excluding carboxylic acids is 2. The highest BCUT2D eigenvalue weighted by atomic mass is 35.7. The molecule has 1 fully saturated rings. The summed E-state index contributed by atoms with van der Waals surface area (Å²) in [5.41, 5.74) is 1.67. The van der Waals surface area contributed by atoms with E-state index in [1.807, 2.05) is 23.1 Å². The zero-order valence-corrected chi connectivity index (χ0v) is 29.1. The Kier molecular flexibility index (Phi) is 10.9. The van der Waals surface area contributed by atoms with Crippen LogP contribution in [0.2, 0.25) is 0 Å². The summed E-state index contributed by atoms with van der Waals surface area (Å²) < 4.78 is 73.9. The second-order valence-corrected chi connectivity index (χ2v) is 15.7. The van der Waals surface area contributed by atoms with Crippen LogP contribution in [0.4, 0.5) is 8.78 Å². The number of amides is 1. The Morgan fingerprint density at radius 2 is 1.53 bits per heavy atom. The predicted molar refractivity (Wildman–Crippen MR) is 175 cm³/mol. The Labute approximate surface area is 279 Å². The van der Waals surface area contributed by atoms with Gasteiger partial charge in [0, 0.05) is 34.9 Å². The van der Waals surface area contributed by atoms with Gasteiger partial charge in [0.25, 0.3) is 5.91 Å². The van der Waals surface area contributed by atoms with Crippen molar-refractivity contribution in [2.75, 3.05) is 0 Å². The zero-order valence-electron chi connectivity index (χ0n) is 27.5. The van der Waals surface area contributed by atoms with Gasteiger partial charge in [-0.3, -0.25) is 9.59 Å². The van der Waals surface area contributed by atoms with Crippen molar-refractivity contribution in [2.24, 2.45) is 0 Å². The fourth-order valence-corrected chi connectivity index (χ4v) is 6.56. The lowest BCUT2D eigenvalue weighted by molar-refractivity contribution is -0.301. The number of rotatable bonds is 10. The average Bonchev–Trinajstić information content (AvgIpc) is 3.25. The van der Waals surface area contributed by atoms with E-state index >= 15 is 0 Å². The van der Waals surface area contributed by atoms with Gasteiger partial charge in [0.2, 0.25) is 0 Å². The maximum atomic E-state index is 14.1. The molecule has 0 saturated carbocycles. The van der Waals surface area contributed by atoms with E-state index in [9.17, 15) is 26.8 Å². The molecule has 2 heterocycles. The number of benzene rings is 2. The van der Waals surface area contributed by atoms with Crippen LogP contribution in [0, 0.1) is 11.6 Å². The lowest BCUT2D eigenvalue weighted by Crippen LogP contribution is -2.46. The van der Waals surface area contributed by atoms with Crippen molar-refractivity contribution in [1.29, 1.82) is 0 Å². The predicted octanol–water partition coefficient (Wildman–Crippen LogP) is 7.47. The van der Waals surface area contributed by atoms with Crippen LogP contribution >= 0.6 is 10.7 Å². The second-order valence-electron chi connectivity index (χ2n) is 13.4. The molecule has 9 nitrogen and oxygen atoms in total. The Morgan fingerprint density at radius 3 is 2.04 bits per heavy atom. The molecule has 47 heavy (non-hydrogen) atoms. The molecule has 0 aliphatic carbocycles. The van der Waals surface area contributed by atoms with Gasteiger partial charge in [-0.2, -0.15) is 8.42 Å². The van der Waals surface area contributed by atoms with E-state index in [4.69, 9.17) is 24.9 Å². The number of hydrogen-bond acceptors (Lipinski definition) is 7. The van der Waals surface area contributed by atoms with Crippen LogP contribution in [-0.4, -0.2) is 48.5 Å². The van der Waals surface area contributed by atoms with E-state index in [0.29, 0.717) is 40.9 Å². The van der Waals surface area contributed by atoms with Gasteiger partial charge in [-0.1, -0.05) is 26.0 Å². The summed E-state index contributed by atoms with van der Waals surface area (Å²) >= 11 is 0. The van der Waals surface area contributed by atoms with Crippen LogP contribution in [0.3, 0.4) is 0 Å². The van der Waals surface area contributed by atoms with Crippen molar-refractivity contribution >= 4 is 31.8 Å². The topological polar surface area (TPSA) is 113 Å². The first-order valence-electron chi connectivity index (χ1n) is 15.4. The molecule has 1 amide bonds. The molecular weight excluding hydrogens is 654 g/mol. The summed E-state index contributed by atoms with van der Waals surface area (Å²) in [5.74, 6) is -3.67. The van der Waals surface area contributed by atoms with Crippen molar-refractivity contribution in [3.8, 4) is 22.4 Å². The largest absolute Gasteiger partial charge is 0.460 e. The Hall–Kier alpha value is -3.32. The molecule has 2 aromatic carbocycles. The lowest BCUT2D eigenvalue weighted by Gasteiger charge is -2.41. The third-order valence-electron chi connectivity index (χ3n) is 7.46. The molecule has 2 atom stereocenters. The summed E-state index contributed by atoms with van der Waals surface area (Å²) in [4.78, 5) is 26.4. The van der Waals surface area contributed by atoms with E-state index in [-0.39, 0.29) is 36.5 Å². The van der Waals surface area contributed by atoms with E-state index < -0.39 is 44.3 Å². The van der Waals surface area contributed by atoms with Gasteiger partial charge in [-0.15, -0.1) is 0 Å². The minimum atomic E-state index is -4.48. The van der Waals surface area contributed by atoms with E-state index in [2.05, 4.69) is 0 Å². The molecular formula is C34H41ClF2N2O7S. The Balaban J connectivity index is 1.84. The number of carbonyl (C=O) groups is 2. The standard InChI is InChI=1S/C34H41ClF2N2O7S/c1-20(2)30-29(32(41)38-47(35,42)43)28(21-8-12-23(36)13-9-21)31(22-10-14-24(37)15-11-22)39(30)17-16-25-18-26(45-34(6,7)44-25)19-27(40)46-33(3,4)5/h8-15,20,25-26H,16-19H2,1-7H3,(H,38,41)/t25-,26-/m1/s1. The van der Waals surface area contributed by atoms with Gasteiger partial charge in [0.15, 0.2) is 5.79 Å². The number of halogens is 3. The van der Waals surface area contributed by atoms with Gasteiger partial charge in [-0.25, -0.2) is 13.5 Å². The van der Waals surface area contributed by atoms with E-state index in [0.717, 1.165) is 0 Å². The van der Waals surface area contributed by atoms with Crippen molar-refractivity contribution in [1.82, 2.24) is 9.29 Å². The highest BCUT2D eigenvalue weighted by molar-refractivity contribution is 8.12. The summed E-state index contributed by atoms with van der Waals surface area (Å²) in [6.45, 7) is 12.9. The summed E-state index contributed by atoms with van der Waals surface area (Å²) in [6, 6.07) is 11.1. The molecule has 1 saturated heterocycles. The molecule has 0 bridgehead atoms. The van der Waals surface area contributed by atoms with E-state index in [1.54, 1.807) is 46.8 Å². The summed E-state index contributed by atoms with van der Waals surface area (Å²) in [5, 5.41) is 0. The normalized spacial score (nSPS) is 18.3. The molecule has 13 heteroatoms. The quantitative estimate of drug-likeness (QED) is 0.173. The zero-order chi connectivity index (χ0) is 34.9. The number of aromatic nitrogens is 1. The van der Waals surface area contributed by atoms with Crippen molar-refractivity contribution in [2.45, 2.75) is 104 Å². The highest BCUT2D eigenvalue weighted by Crippen LogP contribution is 2.43. The highest BCUT2D eigenvalue weighted by Gasteiger charge is 2.38. The molecule has 3 aromatic rings. The van der Waals surface area contributed by atoms with Crippen molar-refractivity contribution in [3.63, 3.8) is 0 Å². The molecule has 1 N–H and O–H groups in total. The van der Waals surface area contributed by atoms with Crippen LogP contribution in [0.25, 0.3) is 22.4 Å². The fourth-order valence-electron chi connectivity index (χ4n) is 6.03. The molecule has 4 rings (SSSR count). The third-order valence-corrected chi connectivity index (χ3v) is 8.12. The Morgan fingerprint density at radius 1 is 1.00 bits per heavy atom. The SMILES string of the molecule is CC(C)c1c(C(=O)NS(=O)(=O)Cl)c(-c2ccc(F)cc2)c(-c2ccc(F)cc2)n1CC[C@@H]1C[C@H](CC(=O)OC(C)(C)C)OC(C)(C)O1. The monoisotopic (exact) mass is 694 g/mol. The van der Waals surface area contributed by atoms with Gasteiger partial charge >= 0.3 is 15.2 Å². The van der Waals surface area contributed by atoms with Crippen LogP contribution < -0.4 is 4.72 Å². The first kappa shape index (κ1) is 36.5. The fraction of sp³-hybridized carbons (Fsp3) is 0.471. The van der Waals surface area contributed by atoms with Crippen LogP contribution in [0.5, 0.6) is 0 Å². The molecule has 0 radical (unpaired) electrons. The van der Waals surface area contributed by atoms with Crippen LogP contribution in [-0.2, 0) is 34.8 Å². The maximum Gasteiger partial charge on any atom is 0.321 e. The molecule has 1 aliphatic heterocycles. The lowest BCUT2D eigenvalue weighted by atomic mass is 9.94. The number of ether oxygens (including phenoxy) is 3. The van der Waals surface area contributed by atoms with Crippen LogP contribution in [0.1, 0.15) is 89.7 Å². The van der Waals surface area contributed by atoms with Gasteiger partial charge in [0.05, 0.1) is 29.9 Å². The Bertz CT molecular complexity index is 1710. The molecule has 256 valence electrons. The van der Waals surface area contributed by atoms with Crippen molar-refractivity contribution < 1.29 is 41.0 Å². The third kappa shape index (κ3) is 9.62. The summed E-state index contributed by atoms with van der Waals surface area (Å²) in [6.07, 6.45) is -0.0412. The van der Waals surface area contributed by atoms with Crippen LogP contribution in [0.15, 0.2) is 48.5 Å². The molecule has 1 aliphatic rings. The molecule has 0 unspecified atom stereocenters. The second kappa shape index (κ2) is 14.0. The molecule has 0 spiro atoms. The first-order chi connectivity index (χ1) is 21.7. The van der Waals surface area contributed by atoms with Gasteiger partial charge in [0.1, 0.15) is 17.2 Å². The number of hydrogen-bond donors (Lipinski definition) is 1. The maximum absolute atomic E-state index is 14.1. The first-order valence-corrected chi connectivity index (χ1v) is 17.7. The minimum Gasteiger partial charge on any atom is -0.460 e.